The number of aromatic nitrogens is 20. The van der Waals surface area contributed by atoms with Crippen molar-refractivity contribution >= 4 is 107 Å². The van der Waals surface area contributed by atoms with E-state index in [4.69, 9.17) is 127 Å². The van der Waals surface area contributed by atoms with Crippen LogP contribution < -0.4 is 35.2 Å². The number of phosphoric acid groups is 5. The van der Waals surface area contributed by atoms with Gasteiger partial charge in [0.15, 0.2) is 140 Å². The Morgan fingerprint density at radius 3 is 0.827 bits per heavy atom. The van der Waals surface area contributed by atoms with E-state index in [0.29, 0.717) is 42.8 Å². The molecule has 20 heterocycles. The predicted molar refractivity (Wildman–Crippen MR) is 497 cm³/mol. The second kappa shape index (κ2) is 41.6. The van der Waals surface area contributed by atoms with Crippen molar-refractivity contribution < 1.29 is 183 Å². The maximum absolute atomic E-state index is 16.0. The van der Waals surface area contributed by atoms with Crippen molar-refractivity contribution in [2.45, 2.75) is 290 Å². The first kappa shape index (κ1) is 114. The molecular weight excluding hydrogens is 2130 g/mol. The zero-order chi connectivity index (χ0) is 109. The summed E-state index contributed by atoms with van der Waals surface area (Å²) >= 11 is 0. The summed E-state index contributed by atoms with van der Waals surface area (Å²) in [5.74, 6) is -11.7. The number of nitrogen functional groups attached to an aromatic ring is 2. The number of nitrogens with two attached hydrogens (primary N) is 2. The Morgan fingerprint density at radius 2 is 0.567 bits per heavy atom. The zero-order valence-corrected chi connectivity index (χ0v) is 89.4. The molecule has 150 heavy (non-hydrogen) atoms. The molecule has 0 spiro atoms. The molecule has 0 aliphatic carbocycles. The summed E-state index contributed by atoms with van der Waals surface area (Å²) in [6.07, 6.45) is -12.0. The number of nitrogens with zero attached hydrogens (tertiary/aromatic N) is 20. The number of rotatable bonds is 26. The summed E-state index contributed by atoms with van der Waals surface area (Å²) in [7, 11) is -20.7. The minimum atomic E-state index is -4.19. The van der Waals surface area contributed by atoms with Gasteiger partial charge in [0.05, 0.1) is 96.2 Å². The number of phosphoric ester groups is 5. The average Bonchev–Trinajstić information content (AvgIpc) is 1.57. The first-order valence-corrected chi connectivity index (χ1v) is 54.5. The van der Waals surface area contributed by atoms with Crippen LogP contribution in [-0.2, 0) is 114 Å². The molecule has 5 N–H and O–H groups in total. The van der Waals surface area contributed by atoms with E-state index in [0.717, 1.165) is 32.3 Å². The van der Waals surface area contributed by atoms with Crippen LogP contribution in [0.1, 0.15) is 180 Å². The van der Waals surface area contributed by atoms with E-state index in [9.17, 15) is 27.9 Å². The molecule has 20 rings (SSSR count). The van der Waals surface area contributed by atoms with Crippen LogP contribution >= 0.6 is 39.1 Å². The summed E-state index contributed by atoms with van der Waals surface area (Å²) in [4.78, 5) is 62.4. The van der Waals surface area contributed by atoms with E-state index < -0.39 is 210 Å². The smallest absolute Gasteiger partial charge is 0.475 e. The van der Waals surface area contributed by atoms with Gasteiger partial charge in [-0.05, 0) is 144 Å². The van der Waals surface area contributed by atoms with Gasteiger partial charge in [0.2, 0.25) is 41.3 Å². The van der Waals surface area contributed by atoms with Gasteiger partial charge in [-0.25, -0.2) is 102 Å². The van der Waals surface area contributed by atoms with Gasteiger partial charge in [-0.2, -0.15) is 34.9 Å². The Balaban J connectivity index is 0.000000133. The predicted octanol–water partition coefficient (Wildman–Crippen LogP) is 14.5. The van der Waals surface area contributed by atoms with Crippen molar-refractivity contribution in [2.75, 3.05) is 90.7 Å². The van der Waals surface area contributed by atoms with Crippen LogP contribution in [0.25, 0.3) is 55.8 Å². The minimum Gasteiger partial charge on any atom is -0.476 e. The van der Waals surface area contributed by atoms with Crippen LogP contribution in [0.15, 0.2) is 31.6 Å². The molecule has 10 aliphatic heterocycles. The summed E-state index contributed by atoms with van der Waals surface area (Å²) in [5.41, 5.74) is 1.66. The molecule has 10 saturated heterocycles. The number of aryl methyl sites for hydroxylation is 3. The zero-order valence-electron chi connectivity index (χ0n) is 84.9. The van der Waals surface area contributed by atoms with E-state index in [-0.39, 0.29) is 124 Å². The highest BCUT2D eigenvalue weighted by atomic mass is 31.2. The van der Waals surface area contributed by atoms with Gasteiger partial charge < -0.3 is 63.9 Å². The average molecular weight is 2240 g/mol. The molecule has 53 nitrogen and oxygen atoms in total. The number of hydrogen-bond donors (Lipinski definition) is 3. The van der Waals surface area contributed by atoms with Crippen LogP contribution in [0, 0.1) is 26.7 Å². The third kappa shape index (κ3) is 21.5. The maximum Gasteiger partial charge on any atom is 0.475 e. The van der Waals surface area contributed by atoms with Crippen molar-refractivity contribution in [3.63, 3.8) is 0 Å². The number of alkyl halides is 9. The number of ether oxygens (including phenoxy) is 10. The Bertz CT molecular complexity index is 6550. The van der Waals surface area contributed by atoms with Crippen molar-refractivity contribution in [1.29, 1.82) is 0 Å². The number of hydrogen-bond acceptors (Lipinski definition) is 48. The Labute approximate surface area is 848 Å². The summed E-state index contributed by atoms with van der Waals surface area (Å²) in [5, 5.41) is 11.2. The molecule has 10 fully saturated rings. The highest BCUT2D eigenvalue weighted by Crippen LogP contribution is 2.70. The van der Waals surface area contributed by atoms with E-state index in [1.165, 1.54) is 56.8 Å². The summed E-state index contributed by atoms with van der Waals surface area (Å²) in [6, 6.07) is 0. The van der Waals surface area contributed by atoms with Crippen molar-refractivity contribution in [3.8, 4) is 29.4 Å². The minimum absolute atomic E-state index is 0.00131. The molecule has 10 aromatic heterocycles. The normalized spacial score (nSPS) is 36.3. The van der Waals surface area contributed by atoms with Gasteiger partial charge in [0, 0.05) is 0 Å². The fourth-order valence-electron chi connectivity index (χ4n) is 17.6. The van der Waals surface area contributed by atoms with E-state index >= 15 is 39.5 Å². The molecule has 25 atom stereocenters. The van der Waals surface area contributed by atoms with Gasteiger partial charge in [-0.15, -0.1) is 0 Å². The number of halogens is 9. The fraction of sp³-hybridized carbons (Fsp3) is 0.699. The van der Waals surface area contributed by atoms with Crippen LogP contribution in [0.3, 0.4) is 0 Å². The highest BCUT2D eigenvalue weighted by Gasteiger charge is 2.76. The van der Waals surface area contributed by atoms with E-state index in [1.54, 1.807) is 104 Å². The molecule has 5 unspecified atom stereocenters. The SMILES string of the molecule is CCOc1nc(C)nc2c1ncn2[C@@H]1O[C@]2(F)COP(=O)(OC(C)C)O[C@H]2[C@@]1(C)F.CCOc1nc(C)nc2c1ncn2[C@@H]1O[C@]2(F)COP(=O)(OC(C)C)O[C@H]2[C@@]1(C)O.CCOc1nc(C)nc2c1ncn2[C@@H]1O[C@]2(F)COP(=O)(OCC)O[C@H]2[C@@]1(C)F.CCOc1nc(N)nc2c1ncn2[C@@H]1O[C@]2(F)COP(=O)(OC(C)C)O[C@H]2[C@@]1(C)F.CCOc1nc(N)nc2c1ncn2[C@@H]1O[C@]2(F)COP(=O)(OCC(C)C)O[C@H]2[C@@]1(C)F. The van der Waals surface area contributed by atoms with Gasteiger partial charge in [-0.1, -0.05) is 13.8 Å². The standard InChI is InChI=1S/C17H24F2N5O6P.C17H23F2N4O6P.C17H24FN4O7P.C16H22F2N5O6P.C16H21F2N4O6P/c1-5-26-12-10-11(22-15(20)23-12)24(8-21-10)14-16(4,18)13-17(19,29-14)7-28-31(25,30-13)27-6-9(2)3;1-6-25-13-11-12(21-10(4)22-13)23(8-20-11)15-16(5,18)14-17(19,27-15)7-26-30(24,29-14)28-9(2)3;1-6-25-13-11-12(20-10(4)21-13)22(8-19-11)15-16(5,23)14-17(18,27-15)7-26-30(24,29-14)28-9(2)3;1-5-25-11-9-10(21-14(19)22-11)23(7-20-9)13-15(4,17)12-16(18,27-13)6-26-30(24,29-12)28-8(2)3;1-5-24-12-10-11(20-9(3)21-12)22(8-19-10)14-15(4,17)13-16(18,27-14)7-26-29(23,28-13)25-6-2/h8-9,13-14H,5-7H2,1-4H3,(H2,20,22,23);8-9,14-15H,6-7H2,1-5H3;8-9,14-15,23H,6-7H2,1-5H3;7-8,12-13H,5-6H2,1-4H3,(H2,19,21,22);8,13-14H,5-7H2,1-4H3/t13-,14+,16+,17+,31?;2*14-,15+,16+,17+,30?;12-,13+,15+,16+,30?;13-,14+,15+,16+,29?/m00000/s1. The van der Waals surface area contributed by atoms with Crippen molar-refractivity contribution in [3.05, 3.63) is 49.1 Å². The number of imidazole rings is 5. The second-order valence-electron chi connectivity index (χ2n) is 37.5. The molecule has 0 bridgehead atoms. The molecule has 10 aliphatic rings. The lowest BCUT2D eigenvalue weighted by Gasteiger charge is -2.37. The lowest BCUT2D eigenvalue weighted by atomic mass is 9.95. The van der Waals surface area contributed by atoms with Crippen LogP contribution in [-0.4, -0.2) is 288 Å². The second-order valence-corrected chi connectivity index (χ2v) is 45.5. The first-order chi connectivity index (χ1) is 70.1. The Hall–Kier alpha value is -8.97. The van der Waals surface area contributed by atoms with Crippen LogP contribution in [0.2, 0.25) is 0 Å². The number of fused-ring (bicyclic) bond motifs is 10. The summed E-state index contributed by atoms with van der Waals surface area (Å²) < 4.78 is 341. The largest absolute Gasteiger partial charge is 0.476 e. The van der Waals surface area contributed by atoms with E-state index in [2.05, 4.69) is 74.8 Å². The Kier molecular flexibility index (Phi) is 31.5. The molecule has 10 aromatic rings. The highest BCUT2D eigenvalue weighted by molar-refractivity contribution is 7.49. The molecular formula is C83H114F9N22O31P5. The van der Waals surface area contributed by atoms with Crippen molar-refractivity contribution in [2.24, 2.45) is 5.92 Å². The van der Waals surface area contributed by atoms with Gasteiger partial charge in [0.1, 0.15) is 56.1 Å². The van der Waals surface area contributed by atoms with Crippen LogP contribution in [0.5, 0.6) is 29.4 Å². The molecule has 0 amide bonds. The first-order valence-electron chi connectivity index (χ1n) is 47.2. The lowest BCUT2D eigenvalue weighted by molar-refractivity contribution is -0.220. The van der Waals surface area contributed by atoms with Gasteiger partial charge >= 0.3 is 39.1 Å². The molecule has 0 aromatic carbocycles. The molecule has 0 saturated carbocycles. The third-order valence-corrected chi connectivity index (χ3v) is 31.3. The van der Waals surface area contributed by atoms with Crippen molar-refractivity contribution in [1.82, 2.24) is 97.6 Å². The van der Waals surface area contributed by atoms with Gasteiger partial charge in [-0.3, -0.25) is 90.7 Å². The molecule has 67 heteroatoms. The molecule has 0 radical (unpaired) electrons. The third-order valence-electron chi connectivity index (χ3n) is 23.6. The number of aliphatic hydroxyl groups is 1. The quantitative estimate of drug-likeness (QED) is 0.0335. The summed E-state index contributed by atoms with van der Waals surface area (Å²) in [6.45, 7) is 31.8. The molecule has 830 valence electrons. The van der Waals surface area contributed by atoms with Gasteiger partial charge in [0.25, 0.3) is 29.3 Å². The van der Waals surface area contributed by atoms with E-state index in [1.807, 2.05) is 13.8 Å². The van der Waals surface area contributed by atoms with Crippen LogP contribution in [0.4, 0.5) is 51.4 Å². The maximum atomic E-state index is 16.0. The monoisotopic (exact) mass is 2240 g/mol. The Morgan fingerprint density at radius 1 is 0.340 bits per heavy atom. The fourth-order valence-corrected chi connectivity index (χ4v) is 25.7. The number of anilines is 2. The topological polar surface area (TPSA) is 606 Å². The lowest BCUT2D eigenvalue weighted by Crippen LogP contribution is -2.52.